The first-order chi connectivity index (χ1) is 17.3. The molecule has 7 nitrogen and oxygen atoms in total. The Morgan fingerprint density at radius 3 is 2.58 bits per heavy atom. The molecule has 2 aromatic carbocycles. The average molecular weight is 496 g/mol. The fourth-order valence-electron chi connectivity index (χ4n) is 4.38. The molecule has 36 heavy (non-hydrogen) atoms. The van der Waals surface area contributed by atoms with E-state index < -0.39 is 35.6 Å². The van der Waals surface area contributed by atoms with Crippen LogP contribution in [0.2, 0.25) is 0 Å². The van der Waals surface area contributed by atoms with Gasteiger partial charge in [-0.25, -0.2) is 13.6 Å². The number of hydrogen-bond acceptors (Lipinski definition) is 5. The van der Waals surface area contributed by atoms with Crippen molar-refractivity contribution < 1.29 is 27.9 Å². The predicted molar refractivity (Wildman–Crippen MR) is 125 cm³/mol. The van der Waals surface area contributed by atoms with Crippen LogP contribution in [0.15, 0.2) is 42.5 Å². The third-order valence-electron chi connectivity index (χ3n) is 6.60. The molecule has 188 valence electrons. The minimum atomic E-state index is -1.00. The highest BCUT2D eigenvalue weighted by Gasteiger charge is 2.35. The fourth-order valence-corrected chi connectivity index (χ4v) is 4.38. The SMILES string of the molecule is N#Cc1ccc(COC(=O)[C@H](CC2CC2)NC(=O)C[C@@H]2CCC(=O)N2Cc2cccc(F)c2F)cc1. The smallest absolute Gasteiger partial charge is 0.328 e. The molecule has 1 N–H and O–H groups in total. The first-order valence-corrected chi connectivity index (χ1v) is 12.0. The third-order valence-corrected chi connectivity index (χ3v) is 6.60. The molecule has 2 aromatic rings. The average Bonchev–Trinajstić information content (AvgIpc) is 3.63. The predicted octanol–water partition coefficient (Wildman–Crippen LogP) is 3.75. The zero-order chi connectivity index (χ0) is 25.7. The number of nitrogens with one attached hydrogen (secondary N) is 1. The van der Waals surface area contributed by atoms with E-state index in [0.717, 1.165) is 24.5 Å². The highest BCUT2D eigenvalue weighted by molar-refractivity contribution is 5.86. The quantitative estimate of drug-likeness (QED) is 0.506. The van der Waals surface area contributed by atoms with Gasteiger partial charge in [-0.3, -0.25) is 9.59 Å². The second-order valence-electron chi connectivity index (χ2n) is 9.35. The molecule has 1 saturated heterocycles. The lowest BCUT2D eigenvalue weighted by Crippen LogP contribution is -2.44. The van der Waals surface area contributed by atoms with E-state index in [9.17, 15) is 23.2 Å². The van der Waals surface area contributed by atoms with Crippen molar-refractivity contribution in [3.63, 3.8) is 0 Å². The maximum absolute atomic E-state index is 14.1. The number of hydrogen-bond donors (Lipinski definition) is 1. The number of nitriles is 1. The van der Waals surface area contributed by atoms with Gasteiger partial charge >= 0.3 is 5.97 Å². The summed E-state index contributed by atoms with van der Waals surface area (Å²) in [6, 6.07) is 11.2. The molecule has 0 radical (unpaired) electrons. The monoisotopic (exact) mass is 495 g/mol. The molecule has 0 bridgehead atoms. The van der Waals surface area contributed by atoms with E-state index in [4.69, 9.17) is 10.00 Å². The molecule has 1 aliphatic carbocycles. The zero-order valence-corrected chi connectivity index (χ0v) is 19.7. The Hall–Kier alpha value is -3.80. The van der Waals surface area contributed by atoms with Crippen molar-refractivity contribution in [3.8, 4) is 6.07 Å². The topological polar surface area (TPSA) is 99.5 Å². The largest absolute Gasteiger partial charge is 0.459 e. The van der Waals surface area contributed by atoms with E-state index in [0.29, 0.717) is 24.3 Å². The van der Waals surface area contributed by atoms with Gasteiger partial charge in [0.05, 0.1) is 11.6 Å². The normalized spacial score (nSPS) is 18.0. The molecule has 4 rings (SSSR count). The summed E-state index contributed by atoms with van der Waals surface area (Å²) < 4.78 is 33.2. The van der Waals surface area contributed by atoms with E-state index >= 15 is 0 Å². The summed E-state index contributed by atoms with van der Waals surface area (Å²) in [5.41, 5.74) is 1.28. The van der Waals surface area contributed by atoms with Crippen LogP contribution < -0.4 is 5.32 Å². The van der Waals surface area contributed by atoms with Crippen LogP contribution in [0.3, 0.4) is 0 Å². The van der Waals surface area contributed by atoms with Crippen molar-refractivity contribution in [1.29, 1.82) is 5.26 Å². The number of benzene rings is 2. The van der Waals surface area contributed by atoms with E-state index in [-0.39, 0.29) is 37.5 Å². The Labute approximate surface area is 208 Å². The Bertz CT molecular complexity index is 1170. The number of nitrogens with zero attached hydrogens (tertiary/aromatic N) is 2. The molecule has 1 aliphatic heterocycles. The van der Waals surface area contributed by atoms with Gasteiger partial charge in [-0.1, -0.05) is 37.1 Å². The molecule has 2 fully saturated rings. The minimum Gasteiger partial charge on any atom is -0.459 e. The van der Waals surface area contributed by atoms with Crippen molar-refractivity contribution in [2.45, 2.75) is 63.8 Å². The second-order valence-corrected chi connectivity index (χ2v) is 9.35. The number of ether oxygens (including phenoxy) is 1. The summed E-state index contributed by atoms with van der Waals surface area (Å²) in [6.45, 7) is -0.107. The van der Waals surface area contributed by atoms with Crippen LogP contribution in [0.4, 0.5) is 8.78 Å². The first kappa shape index (κ1) is 25.3. The molecule has 0 spiro atoms. The lowest BCUT2D eigenvalue weighted by Gasteiger charge is -2.26. The van der Waals surface area contributed by atoms with Gasteiger partial charge in [0.1, 0.15) is 12.6 Å². The van der Waals surface area contributed by atoms with Gasteiger partial charge in [-0.05, 0) is 42.5 Å². The van der Waals surface area contributed by atoms with E-state index in [1.54, 1.807) is 24.3 Å². The van der Waals surface area contributed by atoms with Crippen molar-refractivity contribution >= 4 is 17.8 Å². The second kappa shape index (κ2) is 11.3. The van der Waals surface area contributed by atoms with Crippen LogP contribution in [0, 0.1) is 28.9 Å². The standard InChI is InChI=1S/C27H27F2N3O4/c28-22-3-1-2-20(26(22)29)15-32-21(10-11-25(32)34)13-24(33)31-23(12-17-4-5-17)27(35)36-16-19-8-6-18(14-30)7-9-19/h1-3,6-9,17,21,23H,4-5,10-13,15-16H2,(H,31,33)/t21-,23-/m0/s1. The molecule has 2 amide bonds. The Kier molecular flexibility index (Phi) is 7.93. The molecule has 9 heteroatoms. The number of carbonyl (C=O) groups is 3. The molecular formula is C27H27F2N3O4. The van der Waals surface area contributed by atoms with Gasteiger partial charge in [0.25, 0.3) is 0 Å². The Balaban J connectivity index is 1.35. The van der Waals surface area contributed by atoms with Crippen LogP contribution in [0.5, 0.6) is 0 Å². The highest BCUT2D eigenvalue weighted by Crippen LogP contribution is 2.34. The molecule has 0 unspecified atom stereocenters. The zero-order valence-electron chi connectivity index (χ0n) is 19.7. The number of likely N-dealkylation sites (tertiary alicyclic amines) is 1. The summed E-state index contributed by atoms with van der Waals surface area (Å²) >= 11 is 0. The van der Waals surface area contributed by atoms with Crippen LogP contribution in [-0.4, -0.2) is 34.8 Å². The molecule has 0 aromatic heterocycles. The summed E-state index contributed by atoms with van der Waals surface area (Å²) in [6.07, 6.45) is 3.03. The summed E-state index contributed by atoms with van der Waals surface area (Å²) in [5, 5.41) is 11.7. The van der Waals surface area contributed by atoms with Crippen LogP contribution in [0.1, 0.15) is 55.2 Å². The maximum atomic E-state index is 14.1. The van der Waals surface area contributed by atoms with E-state index in [2.05, 4.69) is 5.32 Å². The molecule has 2 atom stereocenters. The molecule has 2 aliphatic rings. The van der Waals surface area contributed by atoms with Gasteiger partial charge < -0.3 is 15.0 Å². The number of rotatable bonds is 10. The van der Waals surface area contributed by atoms with Gasteiger partial charge in [0, 0.05) is 31.0 Å². The summed E-state index contributed by atoms with van der Waals surface area (Å²) in [4.78, 5) is 39.4. The van der Waals surface area contributed by atoms with Gasteiger partial charge in [-0.15, -0.1) is 0 Å². The fraction of sp³-hybridized carbons (Fsp3) is 0.407. The van der Waals surface area contributed by atoms with E-state index in [1.807, 2.05) is 6.07 Å². The summed E-state index contributed by atoms with van der Waals surface area (Å²) in [5.74, 6) is -2.82. The van der Waals surface area contributed by atoms with Crippen LogP contribution >= 0.6 is 0 Å². The number of carbonyl (C=O) groups excluding carboxylic acids is 3. The number of esters is 1. The lowest BCUT2D eigenvalue weighted by molar-refractivity contribution is -0.149. The Morgan fingerprint density at radius 2 is 1.89 bits per heavy atom. The van der Waals surface area contributed by atoms with E-state index in [1.165, 1.54) is 17.0 Å². The van der Waals surface area contributed by atoms with Crippen molar-refractivity contribution in [1.82, 2.24) is 10.2 Å². The highest BCUT2D eigenvalue weighted by atomic mass is 19.2. The Morgan fingerprint density at radius 1 is 1.14 bits per heavy atom. The number of amides is 2. The van der Waals surface area contributed by atoms with Crippen molar-refractivity contribution in [2.75, 3.05) is 0 Å². The third kappa shape index (κ3) is 6.45. The van der Waals surface area contributed by atoms with Crippen molar-refractivity contribution in [3.05, 3.63) is 70.8 Å². The van der Waals surface area contributed by atoms with Gasteiger partial charge in [0.2, 0.25) is 11.8 Å². The number of halogens is 2. The van der Waals surface area contributed by atoms with Crippen LogP contribution in [0.25, 0.3) is 0 Å². The van der Waals surface area contributed by atoms with Crippen molar-refractivity contribution in [2.24, 2.45) is 5.92 Å². The molecular weight excluding hydrogens is 468 g/mol. The van der Waals surface area contributed by atoms with Crippen LogP contribution in [-0.2, 0) is 32.3 Å². The lowest BCUT2D eigenvalue weighted by atomic mass is 10.1. The van der Waals surface area contributed by atoms with Gasteiger partial charge in [0.15, 0.2) is 11.6 Å². The van der Waals surface area contributed by atoms with Gasteiger partial charge in [-0.2, -0.15) is 5.26 Å². The summed E-state index contributed by atoms with van der Waals surface area (Å²) in [7, 11) is 0. The molecule has 1 heterocycles. The maximum Gasteiger partial charge on any atom is 0.328 e. The first-order valence-electron chi connectivity index (χ1n) is 12.0. The molecule has 1 saturated carbocycles. The minimum absolute atomic E-state index is 0.0195.